The number of nitrogens with zero attached hydrogens (tertiary/aromatic N) is 2. The summed E-state index contributed by atoms with van der Waals surface area (Å²) in [6, 6.07) is 12.5. The second-order valence-corrected chi connectivity index (χ2v) is 9.41. The van der Waals surface area contributed by atoms with Crippen LogP contribution in [0.15, 0.2) is 41.8 Å². The molecule has 0 radical (unpaired) electrons. The smallest absolute Gasteiger partial charge is 0.261 e. The van der Waals surface area contributed by atoms with Gasteiger partial charge in [0.05, 0.1) is 17.7 Å². The number of rotatable bonds is 7. The number of hydrogen-bond donors (Lipinski definition) is 1. The normalized spacial score (nSPS) is 22.6. The molecule has 1 aliphatic carbocycles. The minimum Gasteiger partial charge on any atom is -0.495 e. The highest BCUT2D eigenvalue weighted by Crippen LogP contribution is 2.30. The van der Waals surface area contributed by atoms with Crippen LogP contribution in [0.3, 0.4) is 0 Å². The predicted molar refractivity (Wildman–Crippen MR) is 124 cm³/mol. The number of carbonyl (C=O) groups is 1. The monoisotopic (exact) mass is 427 g/mol. The van der Waals surface area contributed by atoms with Crippen LogP contribution < -0.4 is 15.0 Å². The Morgan fingerprint density at radius 2 is 1.83 bits per heavy atom. The van der Waals surface area contributed by atoms with Crippen molar-refractivity contribution < 1.29 is 9.53 Å². The Bertz CT molecular complexity index is 795. The number of methoxy groups -OCH3 is 1. The SMILES string of the molecule is COc1ccccc1N1CCN(CCC2CCC(NC(=O)c3cccs3)CC2)CC1. The number of carbonyl (C=O) groups excluding carboxylic acids is 1. The van der Waals surface area contributed by atoms with E-state index in [1.54, 1.807) is 7.11 Å². The summed E-state index contributed by atoms with van der Waals surface area (Å²) in [7, 11) is 1.75. The van der Waals surface area contributed by atoms with Crippen LogP contribution in [0.4, 0.5) is 5.69 Å². The maximum atomic E-state index is 12.2. The fraction of sp³-hybridized carbons (Fsp3) is 0.542. The van der Waals surface area contributed by atoms with Crippen LogP contribution >= 0.6 is 11.3 Å². The maximum absolute atomic E-state index is 12.2. The number of thiophene rings is 1. The van der Waals surface area contributed by atoms with Crippen LogP contribution in [0.25, 0.3) is 0 Å². The third kappa shape index (κ3) is 5.35. The van der Waals surface area contributed by atoms with Crippen molar-refractivity contribution >= 4 is 22.9 Å². The second kappa shape index (κ2) is 10.3. The maximum Gasteiger partial charge on any atom is 0.261 e. The molecular formula is C24H33N3O2S. The first-order chi connectivity index (χ1) is 14.7. The number of para-hydroxylation sites is 2. The molecule has 1 aliphatic heterocycles. The van der Waals surface area contributed by atoms with Crippen LogP contribution in [0.2, 0.25) is 0 Å². The van der Waals surface area contributed by atoms with Crippen molar-refractivity contribution in [2.45, 2.75) is 38.1 Å². The predicted octanol–water partition coefficient (Wildman–Crippen LogP) is 4.26. The molecule has 0 spiro atoms. The Kier molecular flexibility index (Phi) is 7.28. The van der Waals surface area contributed by atoms with Crippen LogP contribution in [0.1, 0.15) is 41.8 Å². The molecule has 1 N–H and O–H groups in total. The summed E-state index contributed by atoms with van der Waals surface area (Å²) in [5.41, 5.74) is 1.21. The molecule has 4 rings (SSSR count). The molecule has 0 unspecified atom stereocenters. The zero-order valence-electron chi connectivity index (χ0n) is 17.9. The summed E-state index contributed by atoms with van der Waals surface area (Å²) in [6.07, 6.45) is 5.97. The van der Waals surface area contributed by atoms with Gasteiger partial charge in [0, 0.05) is 32.2 Å². The molecular weight excluding hydrogens is 394 g/mol. The van der Waals surface area contributed by atoms with E-state index in [9.17, 15) is 4.79 Å². The van der Waals surface area contributed by atoms with E-state index in [2.05, 4.69) is 27.2 Å². The van der Waals surface area contributed by atoms with Gasteiger partial charge in [-0.25, -0.2) is 0 Å². The van der Waals surface area contributed by atoms with E-state index in [-0.39, 0.29) is 5.91 Å². The second-order valence-electron chi connectivity index (χ2n) is 8.46. The highest BCUT2D eigenvalue weighted by Gasteiger charge is 2.25. The topological polar surface area (TPSA) is 44.8 Å². The molecule has 2 aliphatic rings. The lowest BCUT2D eigenvalue weighted by Crippen LogP contribution is -2.47. The summed E-state index contributed by atoms with van der Waals surface area (Å²) in [5.74, 6) is 1.86. The lowest BCUT2D eigenvalue weighted by Gasteiger charge is -2.37. The molecule has 1 saturated carbocycles. The van der Waals surface area contributed by atoms with E-state index in [1.807, 2.05) is 29.6 Å². The third-order valence-corrected chi connectivity index (χ3v) is 7.45. The van der Waals surface area contributed by atoms with Crippen LogP contribution in [0, 0.1) is 5.92 Å². The molecule has 5 nitrogen and oxygen atoms in total. The van der Waals surface area contributed by atoms with Crippen LogP contribution in [-0.4, -0.2) is 56.7 Å². The van der Waals surface area contributed by atoms with Crippen molar-refractivity contribution in [2.75, 3.05) is 44.7 Å². The van der Waals surface area contributed by atoms with Crippen molar-refractivity contribution in [1.82, 2.24) is 10.2 Å². The highest BCUT2D eigenvalue weighted by atomic mass is 32.1. The van der Waals surface area contributed by atoms with Crippen LogP contribution in [-0.2, 0) is 0 Å². The van der Waals surface area contributed by atoms with Gasteiger partial charge in [0.1, 0.15) is 5.75 Å². The number of nitrogens with one attached hydrogen (secondary N) is 1. The molecule has 1 amide bonds. The first-order valence-electron chi connectivity index (χ1n) is 11.2. The fourth-order valence-corrected chi connectivity index (χ4v) is 5.36. The number of ether oxygens (including phenoxy) is 1. The summed E-state index contributed by atoms with van der Waals surface area (Å²) in [6.45, 7) is 5.54. The molecule has 1 aromatic carbocycles. The van der Waals surface area contributed by atoms with Gasteiger partial charge in [0.15, 0.2) is 0 Å². The fourth-order valence-electron chi connectivity index (χ4n) is 4.73. The Balaban J connectivity index is 1.15. The summed E-state index contributed by atoms with van der Waals surface area (Å²) in [4.78, 5) is 18.1. The molecule has 2 fully saturated rings. The highest BCUT2D eigenvalue weighted by molar-refractivity contribution is 7.12. The standard InChI is InChI=1S/C24H33N3O2S/c1-29-22-6-3-2-5-21(22)27-16-14-26(15-17-27)13-12-19-8-10-20(11-9-19)25-24(28)23-7-4-18-30-23/h2-7,18-20H,8-17H2,1H3,(H,25,28). The Hall–Kier alpha value is -2.05. The zero-order chi connectivity index (χ0) is 20.8. The van der Waals surface area contributed by atoms with Gasteiger partial charge in [-0.15, -0.1) is 11.3 Å². The minimum absolute atomic E-state index is 0.0985. The van der Waals surface area contributed by atoms with E-state index in [1.165, 1.54) is 42.8 Å². The van der Waals surface area contributed by atoms with Crippen molar-refractivity contribution in [3.8, 4) is 5.75 Å². The Morgan fingerprint density at radius 3 is 2.53 bits per heavy atom. The van der Waals surface area contributed by atoms with Crippen molar-refractivity contribution in [3.05, 3.63) is 46.7 Å². The number of hydrogen-bond acceptors (Lipinski definition) is 5. The van der Waals surface area contributed by atoms with Gasteiger partial charge >= 0.3 is 0 Å². The molecule has 0 bridgehead atoms. The van der Waals surface area contributed by atoms with Crippen molar-refractivity contribution in [3.63, 3.8) is 0 Å². The Morgan fingerprint density at radius 1 is 1.07 bits per heavy atom. The number of amides is 1. The number of benzene rings is 1. The lowest BCUT2D eigenvalue weighted by atomic mass is 9.84. The largest absolute Gasteiger partial charge is 0.495 e. The quantitative estimate of drug-likeness (QED) is 0.717. The van der Waals surface area contributed by atoms with E-state index in [0.29, 0.717) is 6.04 Å². The molecule has 2 aromatic rings. The average molecular weight is 428 g/mol. The van der Waals surface area contributed by atoms with E-state index < -0.39 is 0 Å². The summed E-state index contributed by atoms with van der Waals surface area (Å²) < 4.78 is 5.52. The van der Waals surface area contributed by atoms with E-state index >= 15 is 0 Å². The first kappa shape index (κ1) is 21.2. The average Bonchev–Trinajstić information content (AvgIpc) is 3.34. The van der Waals surface area contributed by atoms with Crippen molar-refractivity contribution in [2.24, 2.45) is 5.92 Å². The molecule has 1 saturated heterocycles. The third-order valence-electron chi connectivity index (χ3n) is 6.58. The van der Waals surface area contributed by atoms with E-state index in [4.69, 9.17) is 4.74 Å². The number of piperazine rings is 1. The minimum atomic E-state index is 0.0985. The molecule has 30 heavy (non-hydrogen) atoms. The molecule has 0 atom stereocenters. The summed E-state index contributed by atoms with van der Waals surface area (Å²) >= 11 is 1.52. The molecule has 162 valence electrons. The van der Waals surface area contributed by atoms with Crippen molar-refractivity contribution in [1.29, 1.82) is 0 Å². The van der Waals surface area contributed by atoms with Gasteiger partial charge in [-0.3, -0.25) is 9.69 Å². The van der Waals surface area contributed by atoms with Gasteiger partial charge in [-0.1, -0.05) is 18.2 Å². The molecule has 2 heterocycles. The zero-order valence-corrected chi connectivity index (χ0v) is 18.7. The first-order valence-corrected chi connectivity index (χ1v) is 12.1. The number of anilines is 1. The van der Waals surface area contributed by atoms with Gasteiger partial charge in [0.25, 0.3) is 5.91 Å². The van der Waals surface area contributed by atoms with Gasteiger partial charge in [0.2, 0.25) is 0 Å². The van der Waals surface area contributed by atoms with Crippen LogP contribution in [0.5, 0.6) is 5.75 Å². The van der Waals surface area contributed by atoms with Gasteiger partial charge < -0.3 is 15.0 Å². The van der Waals surface area contributed by atoms with E-state index in [0.717, 1.165) is 55.6 Å². The molecule has 1 aromatic heterocycles. The van der Waals surface area contributed by atoms with Gasteiger partial charge in [-0.05, 0) is 68.1 Å². The summed E-state index contributed by atoms with van der Waals surface area (Å²) in [5, 5.41) is 5.18. The molecule has 6 heteroatoms. The van der Waals surface area contributed by atoms with Gasteiger partial charge in [-0.2, -0.15) is 0 Å². The Labute approximate surface area is 184 Å². The lowest BCUT2D eigenvalue weighted by molar-refractivity contribution is 0.0924.